The zero-order chi connectivity index (χ0) is 16.0. The SMILES string of the molecule is COc1ccc(CC(N)CNC(=O)OC(C)(C)C)c(F)c1. The van der Waals surface area contributed by atoms with Crippen molar-refractivity contribution in [3.63, 3.8) is 0 Å². The average Bonchev–Trinajstić information content (AvgIpc) is 2.37. The van der Waals surface area contributed by atoms with Crippen molar-refractivity contribution < 1.29 is 18.7 Å². The van der Waals surface area contributed by atoms with Crippen LogP contribution in [0.3, 0.4) is 0 Å². The first-order valence-electron chi connectivity index (χ1n) is 6.76. The molecular formula is C15H23FN2O3. The highest BCUT2D eigenvalue weighted by Crippen LogP contribution is 2.17. The number of nitrogens with two attached hydrogens (primary N) is 1. The van der Waals surface area contributed by atoms with Crippen LogP contribution in [0.4, 0.5) is 9.18 Å². The maximum atomic E-state index is 13.8. The number of alkyl carbamates (subject to hydrolysis) is 1. The highest BCUT2D eigenvalue weighted by Gasteiger charge is 2.17. The van der Waals surface area contributed by atoms with Gasteiger partial charge >= 0.3 is 6.09 Å². The first-order valence-corrected chi connectivity index (χ1v) is 6.76. The lowest BCUT2D eigenvalue weighted by Gasteiger charge is -2.21. The van der Waals surface area contributed by atoms with E-state index >= 15 is 0 Å². The Labute approximate surface area is 124 Å². The number of halogens is 1. The van der Waals surface area contributed by atoms with Crippen LogP contribution in [0.25, 0.3) is 0 Å². The molecule has 0 radical (unpaired) electrons. The van der Waals surface area contributed by atoms with Crippen LogP contribution in [0, 0.1) is 5.82 Å². The Morgan fingerprint density at radius 3 is 2.62 bits per heavy atom. The second-order valence-electron chi connectivity index (χ2n) is 5.80. The molecule has 118 valence electrons. The topological polar surface area (TPSA) is 73.6 Å². The van der Waals surface area contributed by atoms with E-state index in [2.05, 4.69) is 5.32 Å². The Balaban J connectivity index is 2.47. The zero-order valence-electron chi connectivity index (χ0n) is 12.9. The van der Waals surface area contributed by atoms with Crippen LogP contribution in [-0.2, 0) is 11.2 Å². The van der Waals surface area contributed by atoms with Gasteiger partial charge in [0.05, 0.1) is 7.11 Å². The minimum Gasteiger partial charge on any atom is -0.497 e. The molecule has 1 atom stereocenters. The smallest absolute Gasteiger partial charge is 0.407 e. The summed E-state index contributed by atoms with van der Waals surface area (Å²) in [5.74, 6) is 0.0822. The van der Waals surface area contributed by atoms with E-state index in [9.17, 15) is 9.18 Å². The van der Waals surface area contributed by atoms with Gasteiger partial charge in [-0.15, -0.1) is 0 Å². The number of methoxy groups -OCH3 is 1. The summed E-state index contributed by atoms with van der Waals surface area (Å²) in [4.78, 5) is 11.5. The molecule has 6 heteroatoms. The fraction of sp³-hybridized carbons (Fsp3) is 0.533. The normalized spacial score (nSPS) is 12.7. The lowest BCUT2D eigenvalue weighted by atomic mass is 10.1. The third-order valence-electron chi connectivity index (χ3n) is 2.65. The standard InChI is InChI=1S/C15H23FN2O3/c1-15(2,3)21-14(19)18-9-11(17)7-10-5-6-12(20-4)8-13(10)16/h5-6,8,11H,7,9,17H2,1-4H3,(H,18,19). The molecule has 1 aromatic rings. The van der Waals surface area contributed by atoms with Gasteiger partial charge in [-0.05, 0) is 38.8 Å². The monoisotopic (exact) mass is 298 g/mol. The number of hydrogen-bond acceptors (Lipinski definition) is 4. The molecule has 0 aliphatic heterocycles. The molecule has 0 bridgehead atoms. The van der Waals surface area contributed by atoms with Crippen molar-refractivity contribution in [1.82, 2.24) is 5.32 Å². The molecule has 0 spiro atoms. The van der Waals surface area contributed by atoms with E-state index in [1.807, 2.05) is 0 Å². The maximum Gasteiger partial charge on any atom is 0.407 e. The second kappa shape index (κ2) is 7.26. The van der Waals surface area contributed by atoms with Gasteiger partial charge in [-0.25, -0.2) is 9.18 Å². The largest absolute Gasteiger partial charge is 0.497 e. The predicted octanol–water partition coefficient (Wildman–Crippen LogP) is 2.23. The summed E-state index contributed by atoms with van der Waals surface area (Å²) in [6.45, 7) is 5.54. The molecule has 1 unspecified atom stereocenters. The molecule has 1 aromatic carbocycles. The van der Waals surface area contributed by atoms with E-state index in [0.29, 0.717) is 17.7 Å². The lowest BCUT2D eigenvalue weighted by molar-refractivity contribution is 0.0524. The number of benzene rings is 1. The summed E-state index contributed by atoms with van der Waals surface area (Å²) in [5, 5.41) is 2.57. The van der Waals surface area contributed by atoms with Crippen LogP contribution in [0.2, 0.25) is 0 Å². The van der Waals surface area contributed by atoms with Crippen molar-refractivity contribution in [3.05, 3.63) is 29.6 Å². The Kier molecular flexibility index (Phi) is 5.96. The van der Waals surface area contributed by atoms with Gasteiger partial charge in [0.2, 0.25) is 0 Å². The number of nitrogens with one attached hydrogen (secondary N) is 1. The molecule has 0 aliphatic carbocycles. The van der Waals surface area contributed by atoms with E-state index in [4.69, 9.17) is 15.2 Å². The van der Waals surface area contributed by atoms with Crippen molar-refractivity contribution in [2.45, 2.75) is 38.8 Å². The number of rotatable bonds is 5. The fourth-order valence-electron chi connectivity index (χ4n) is 1.70. The van der Waals surface area contributed by atoms with Crippen molar-refractivity contribution in [2.75, 3.05) is 13.7 Å². The lowest BCUT2D eigenvalue weighted by Crippen LogP contribution is -2.41. The summed E-state index contributed by atoms with van der Waals surface area (Å²) in [7, 11) is 1.48. The van der Waals surface area contributed by atoms with Gasteiger partial charge in [0.25, 0.3) is 0 Å². The molecule has 3 N–H and O–H groups in total. The summed E-state index contributed by atoms with van der Waals surface area (Å²) < 4.78 is 23.8. The molecule has 0 fully saturated rings. The van der Waals surface area contributed by atoms with Crippen molar-refractivity contribution in [3.8, 4) is 5.75 Å². The van der Waals surface area contributed by atoms with Gasteiger partial charge in [0.15, 0.2) is 0 Å². The third kappa shape index (κ3) is 6.44. The molecule has 0 aliphatic rings. The maximum absolute atomic E-state index is 13.8. The Morgan fingerprint density at radius 1 is 1.43 bits per heavy atom. The molecule has 1 rings (SSSR count). The molecule has 0 heterocycles. The van der Waals surface area contributed by atoms with Crippen LogP contribution in [0.15, 0.2) is 18.2 Å². The van der Waals surface area contributed by atoms with Gasteiger partial charge in [0.1, 0.15) is 17.2 Å². The first kappa shape index (κ1) is 17.2. The Hall–Kier alpha value is -1.82. The summed E-state index contributed by atoms with van der Waals surface area (Å²) in [6, 6.07) is 4.21. The van der Waals surface area contributed by atoms with Crippen molar-refractivity contribution in [2.24, 2.45) is 5.73 Å². The number of carbonyl (C=O) groups is 1. The van der Waals surface area contributed by atoms with Crippen LogP contribution in [0.5, 0.6) is 5.75 Å². The average molecular weight is 298 g/mol. The molecule has 0 saturated heterocycles. The summed E-state index contributed by atoms with van der Waals surface area (Å²) in [5.41, 5.74) is 5.81. The highest BCUT2D eigenvalue weighted by atomic mass is 19.1. The minimum absolute atomic E-state index is 0.209. The van der Waals surface area contributed by atoms with Gasteiger partial charge in [-0.1, -0.05) is 6.07 Å². The van der Waals surface area contributed by atoms with Gasteiger partial charge in [-0.3, -0.25) is 0 Å². The first-order chi connectivity index (χ1) is 9.71. The van der Waals surface area contributed by atoms with E-state index in [0.717, 1.165) is 0 Å². The number of amides is 1. The van der Waals surface area contributed by atoms with E-state index in [-0.39, 0.29) is 12.4 Å². The van der Waals surface area contributed by atoms with Crippen molar-refractivity contribution in [1.29, 1.82) is 0 Å². The molecule has 5 nitrogen and oxygen atoms in total. The van der Waals surface area contributed by atoms with E-state index < -0.39 is 17.7 Å². The van der Waals surface area contributed by atoms with Gasteiger partial charge in [-0.2, -0.15) is 0 Å². The predicted molar refractivity (Wildman–Crippen MR) is 78.9 cm³/mol. The molecular weight excluding hydrogens is 275 g/mol. The summed E-state index contributed by atoms with van der Waals surface area (Å²) >= 11 is 0. The number of hydrogen-bond donors (Lipinski definition) is 2. The molecule has 0 aromatic heterocycles. The molecule has 1 amide bonds. The molecule has 0 saturated carbocycles. The second-order valence-corrected chi connectivity index (χ2v) is 5.80. The summed E-state index contributed by atoms with van der Waals surface area (Å²) in [6.07, 6.45) is -0.223. The highest BCUT2D eigenvalue weighted by molar-refractivity contribution is 5.67. The van der Waals surface area contributed by atoms with Gasteiger partial charge in [0, 0.05) is 18.7 Å². The van der Waals surface area contributed by atoms with Crippen LogP contribution in [-0.4, -0.2) is 31.4 Å². The molecule has 21 heavy (non-hydrogen) atoms. The fourth-order valence-corrected chi connectivity index (χ4v) is 1.70. The third-order valence-corrected chi connectivity index (χ3v) is 2.65. The van der Waals surface area contributed by atoms with E-state index in [1.165, 1.54) is 13.2 Å². The zero-order valence-corrected chi connectivity index (χ0v) is 12.9. The number of ether oxygens (including phenoxy) is 2. The quantitative estimate of drug-likeness (QED) is 0.874. The van der Waals surface area contributed by atoms with Crippen LogP contribution < -0.4 is 15.8 Å². The van der Waals surface area contributed by atoms with Crippen molar-refractivity contribution >= 4 is 6.09 Å². The van der Waals surface area contributed by atoms with Crippen LogP contribution >= 0.6 is 0 Å². The van der Waals surface area contributed by atoms with Gasteiger partial charge < -0.3 is 20.5 Å². The van der Waals surface area contributed by atoms with E-state index in [1.54, 1.807) is 32.9 Å². The minimum atomic E-state index is -0.559. The number of carbonyl (C=O) groups excluding carboxylic acids is 1. The Morgan fingerprint density at radius 2 is 2.10 bits per heavy atom. The Bertz CT molecular complexity index is 486. The van der Waals surface area contributed by atoms with Crippen LogP contribution in [0.1, 0.15) is 26.3 Å².